The van der Waals surface area contributed by atoms with Gasteiger partial charge in [0.2, 0.25) is 0 Å². The van der Waals surface area contributed by atoms with Crippen LogP contribution in [0.5, 0.6) is 0 Å². The van der Waals surface area contributed by atoms with E-state index in [4.69, 9.17) is 0 Å². The molecule has 1 aromatic carbocycles. The molecule has 1 heterocycles. The zero-order chi connectivity index (χ0) is 13.7. The summed E-state index contributed by atoms with van der Waals surface area (Å²) < 4.78 is 14.7. The van der Waals surface area contributed by atoms with Gasteiger partial charge in [0.25, 0.3) is 0 Å². The second kappa shape index (κ2) is 7.03. The average Bonchev–Trinajstić information content (AvgIpc) is 2.81. The van der Waals surface area contributed by atoms with Crippen LogP contribution in [0.3, 0.4) is 0 Å². The molecule has 2 nitrogen and oxygen atoms in total. The Kier molecular flexibility index (Phi) is 5.36. The van der Waals surface area contributed by atoms with Crippen LogP contribution in [0.4, 0.5) is 10.1 Å². The molecule has 0 unspecified atom stereocenters. The Morgan fingerprint density at radius 1 is 1.37 bits per heavy atom. The molecule has 0 aliphatic heterocycles. The monoisotopic (exact) mass is 342 g/mol. The number of halogens is 2. The van der Waals surface area contributed by atoms with Gasteiger partial charge in [-0.2, -0.15) is 0 Å². The highest BCUT2D eigenvalue weighted by Crippen LogP contribution is 2.19. The van der Waals surface area contributed by atoms with Crippen LogP contribution in [0, 0.1) is 5.82 Å². The number of hydrogen-bond donors (Lipinski definition) is 1. The van der Waals surface area contributed by atoms with E-state index in [2.05, 4.69) is 32.7 Å². The van der Waals surface area contributed by atoms with Crippen LogP contribution >= 0.6 is 27.3 Å². The number of hydrogen-bond acceptors (Lipinski definition) is 3. The van der Waals surface area contributed by atoms with E-state index in [0.717, 1.165) is 24.1 Å². The number of rotatable bonds is 6. The van der Waals surface area contributed by atoms with E-state index in [1.54, 1.807) is 23.5 Å². The highest BCUT2D eigenvalue weighted by atomic mass is 79.9. The van der Waals surface area contributed by atoms with Crippen molar-refractivity contribution in [3.63, 3.8) is 0 Å². The summed E-state index contributed by atoms with van der Waals surface area (Å²) >= 11 is 5.16. The first-order valence-electron chi connectivity index (χ1n) is 6.06. The van der Waals surface area contributed by atoms with Crippen molar-refractivity contribution >= 4 is 33.0 Å². The van der Waals surface area contributed by atoms with Crippen LogP contribution < -0.4 is 10.2 Å². The summed E-state index contributed by atoms with van der Waals surface area (Å²) in [5, 5.41) is 5.43. The lowest BCUT2D eigenvalue weighted by molar-refractivity contribution is 0.616. The van der Waals surface area contributed by atoms with Crippen LogP contribution in [-0.2, 0) is 6.54 Å². The molecule has 0 spiro atoms. The lowest BCUT2D eigenvalue weighted by Gasteiger charge is -2.19. The minimum Gasteiger partial charge on any atom is -0.371 e. The molecule has 0 aliphatic rings. The van der Waals surface area contributed by atoms with Crippen molar-refractivity contribution in [2.75, 3.05) is 25.0 Å². The van der Waals surface area contributed by atoms with E-state index in [1.165, 1.54) is 10.9 Å². The molecule has 0 amide bonds. The quantitative estimate of drug-likeness (QED) is 0.801. The first-order valence-corrected chi connectivity index (χ1v) is 7.73. The summed E-state index contributed by atoms with van der Waals surface area (Å²) in [4.78, 5) is 3.22. The molecule has 0 fully saturated rings. The SMILES string of the molecule is CN(CCNCc1cc(Br)cs1)c1ccccc1F. The van der Waals surface area contributed by atoms with E-state index in [1.807, 2.05) is 18.0 Å². The Bertz CT molecular complexity index is 530. The Hall–Kier alpha value is -0.910. The summed E-state index contributed by atoms with van der Waals surface area (Å²) in [5.74, 6) is -0.174. The predicted octanol–water partition coefficient (Wildman–Crippen LogP) is 3.88. The molecule has 102 valence electrons. The molecule has 0 saturated carbocycles. The van der Waals surface area contributed by atoms with Gasteiger partial charge < -0.3 is 10.2 Å². The van der Waals surface area contributed by atoms with E-state index >= 15 is 0 Å². The Balaban J connectivity index is 1.75. The second-order valence-electron chi connectivity index (χ2n) is 4.28. The molecule has 19 heavy (non-hydrogen) atoms. The number of nitrogens with one attached hydrogen (secondary N) is 1. The Labute approximate surface area is 125 Å². The molecule has 0 saturated heterocycles. The molecule has 1 N–H and O–H groups in total. The maximum Gasteiger partial charge on any atom is 0.146 e. The van der Waals surface area contributed by atoms with Gasteiger partial charge in [-0.05, 0) is 34.1 Å². The summed E-state index contributed by atoms with van der Waals surface area (Å²) in [6.45, 7) is 2.44. The molecule has 0 radical (unpaired) electrons. The number of anilines is 1. The van der Waals surface area contributed by atoms with Crippen molar-refractivity contribution in [2.24, 2.45) is 0 Å². The smallest absolute Gasteiger partial charge is 0.146 e. The summed E-state index contributed by atoms with van der Waals surface area (Å²) in [5.41, 5.74) is 0.642. The molecular formula is C14H16BrFN2S. The van der Waals surface area contributed by atoms with Crippen LogP contribution in [-0.4, -0.2) is 20.1 Å². The van der Waals surface area contributed by atoms with Crippen LogP contribution in [0.1, 0.15) is 4.88 Å². The van der Waals surface area contributed by atoms with E-state index < -0.39 is 0 Å². The Morgan fingerprint density at radius 3 is 2.84 bits per heavy atom. The molecule has 1 aromatic heterocycles. The molecule has 2 aromatic rings. The number of para-hydroxylation sites is 1. The van der Waals surface area contributed by atoms with Gasteiger partial charge in [0.15, 0.2) is 0 Å². The third kappa shape index (κ3) is 4.30. The van der Waals surface area contributed by atoms with Crippen LogP contribution in [0.15, 0.2) is 40.2 Å². The Morgan fingerprint density at radius 2 is 2.16 bits per heavy atom. The lowest BCUT2D eigenvalue weighted by atomic mass is 10.3. The lowest BCUT2D eigenvalue weighted by Crippen LogP contribution is -2.29. The van der Waals surface area contributed by atoms with Gasteiger partial charge in [-0.1, -0.05) is 12.1 Å². The molecule has 0 aliphatic carbocycles. The minimum absolute atomic E-state index is 0.174. The maximum absolute atomic E-state index is 13.6. The van der Waals surface area contributed by atoms with Crippen molar-refractivity contribution in [1.29, 1.82) is 0 Å². The summed E-state index contributed by atoms with van der Waals surface area (Å²) in [7, 11) is 1.90. The van der Waals surface area contributed by atoms with E-state index in [0.29, 0.717) is 5.69 Å². The van der Waals surface area contributed by atoms with E-state index in [9.17, 15) is 4.39 Å². The molecule has 0 atom stereocenters. The van der Waals surface area contributed by atoms with Gasteiger partial charge in [-0.3, -0.25) is 0 Å². The van der Waals surface area contributed by atoms with Gasteiger partial charge in [-0.15, -0.1) is 11.3 Å². The number of thiophene rings is 1. The third-order valence-corrected chi connectivity index (χ3v) is 4.51. The highest BCUT2D eigenvalue weighted by molar-refractivity contribution is 9.10. The van der Waals surface area contributed by atoms with Gasteiger partial charge in [0.05, 0.1) is 5.69 Å². The normalized spacial score (nSPS) is 10.7. The molecule has 2 rings (SSSR count). The van der Waals surface area contributed by atoms with Crippen molar-refractivity contribution in [1.82, 2.24) is 5.32 Å². The number of likely N-dealkylation sites (N-methyl/N-ethyl adjacent to an activating group) is 1. The van der Waals surface area contributed by atoms with E-state index in [-0.39, 0.29) is 5.82 Å². The zero-order valence-electron chi connectivity index (χ0n) is 10.7. The number of nitrogens with zero attached hydrogens (tertiary/aromatic N) is 1. The largest absolute Gasteiger partial charge is 0.371 e. The molecule has 5 heteroatoms. The first kappa shape index (κ1) is 14.5. The zero-order valence-corrected chi connectivity index (χ0v) is 13.1. The summed E-state index contributed by atoms with van der Waals surface area (Å²) in [6.07, 6.45) is 0. The van der Waals surface area contributed by atoms with Gasteiger partial charge in [0, 0.05) is 41.4 Å². The van der Waals surface area contributed by atoms with Crippen molar-refractivity contribution in [3.8, 4) is 0 Å². The highest BCUT2D eigenvalue weighted by Gasteiger charge is 2.05. The van der Waals surface area contributed by atoms with Gasteiger partial charge in [0.1, 0.15) is 5.82 Å². The fourth-order valence-corrected chi connectivity index (χ4v) is 3.21. The maximum atomic E-state index is 13.6. The van der Waals surface area contributed by atoms with Gasteiger partial charge in [-0.25, -0.2) is 4.39 Å². The topological polar surface area (TPSA) is 15.3 Å². The average molecular weight is 343 g/mol. The second-order valence-corrected chi connectivity index (χ2v) is 6.19. The molecular weight excluding hydrogens is 327 g/mol. The fourth-order valence-electron chi connectivity index (χ4n) is 1.79. The van der Waals surface area contributed by atoms with Crippen LogP contribution in [0.2, 0.25) is 0 Å². The van der Waals surface area contributed by atoms with Crippen molar-refractivity contribution < 1.29 is 4.39 Å². The fraction of sp³-hybridized carbons (Fsp3) is 0.286. The standard InChI is InChI=1S/C14H16BrFN2S/c1-18(14-5-3-2-4-13(14)16)7-6-17-9-12-8-11(15)10-19-12/h2-5,8,10,17H,6-7,9H2,1H3. The van der Waals surface area contributed by atoms with Crippen LogP contribution in [0.25, 0.3) is 0 Å². The van der Waals surface area contributed by atoms with Crippen molar-refractivity contribution in [3.05, 3.63) is 50.9 Å². The molecule has 0 bridgehead atoms. The summed E-state index contributed by atoms with van der Waals surface area (Å²) in [6, 6.07) is 8.96. The first-order chi connectivity index (χ1) is 9.16. The minimum atomic E-state index is -0.174. The predicted molar refractivity (Wildman–Crippen MR) is 83.4 cm³/mol. The van der Waals surface area contributed by atoms with Gasteiger partial charge >= 0.3 is 0 Å². The van der Waals surface area contributed by atoms with Crippen molar-refractivity contribution in [2.45, 2.75) is 6.54 Å². The number of benzene rings is 1. The third-order valence-electron chi connectivity index (χ3n) is 2.81.